The van der Waals surface area contributed by atoms with Crippen molar-refractivity contribution in [2.45, 2.75) is 25.5 Å². The maximum Gasteiger partial charge on any atom is 0.287 e. The summed E-state index contributed by atoms with van der Waals surface area (Å²) in [6.07, 6.45) is 5.14. The molecule has 2 aromatic heterocycles. The molecule has 0 aliphatic carbocycles. The topological polar surface area (TPSA) is 81.6 Å². The van der Waals surface area contributed by atoms with Gasteiger partial charge in [0.05, 0.1) is 23.8 Å². The van der Waals surface area contributed by atoms with E-state index in [2.05, 4.69) is 4.98 Å². The highest BCUT2D eigenvalue weighted by Gasteiger charge is 2.21. The quantitative estimate of drug-likeness (QED) is 0.603. The fraction of sp³-hybridized carbons (Fsp3) is 0.400. The zero-order valence-corrected chi connectivity index (χ0v) is 12.1. The summed E-state index contributed by atoms with van der Waals surface area (Å²) >= 11 is 0. The Morgan fingerprint density at radius 3 is 2.91 bits per heavy atom. The molecule has 0 amide bonds. The number of ether oxygens (including phenoxy) is 1. The lowest BCUT2D eigenvalue weighted by atomic mass is 10.2. The van der Waals surface area contributed by atoms with Gasteiger partial charge in [0.1, 0.15) is 17.8 Å². The second kappa shape index (κ2) is 6.57. The molecule has 2 aromatic rings. The molecule has 116 valence electrons. The van der Waals surface area contributed by atoms with Crippen molar-refractivity contribution in [3.05, 3.63) is 52.6 Å². The molecule has 22 heavy (non-hydrogen) atoms. The molecule has 1 atom stereocenters. The average Bonchev–Trinajstić information content (AvgIpc) is 3.20. The van der Waals surface area contributed by atoms with Crippen LogP contribution in [0.4, 0.5) is 11.5 Å². The van der Waals surface area contributed by atoms with Gasteiger partial charge in [-0.2, -0.15) is 0 Å². The molecule has 7 heteroatoms. The van der Waals surface area contributed by atoms with Gasteiger partial charge in [-0.3, -0.25) is 10.1 Å². The second-order valence-corrected chi connectivity index (χ2v) is 5.23. The van der Waals surface area contributed by atoms with Crippen LogP contribution in [0.2, 0.25) is 0 Å². The van der Waals surface area contributed by atoms with Crippen molar-refractivity contribution in [2.75, 3.05) is 18.1 Å². The van der Waals surface area contributed by atoms with Gasteiger partial charge in [-0.15, -0.1) is 0 Å². The molecular weight excluding hydrogens is 286 g/mol. The van der Waals surface area contributed by atoms with Crippen LogP contribution in [-0.4, -0.2) is 29.2 Å². The van der Waals surface area contributed by atoms with E-state index in [9.17, 15) is 10.1 Å². The summed E-state index contributed by atoms with van der Waals surface area (Å²) in [6, 6.07) is 6.86. The predicted molar refractivity (Wildman–Crippen MR) is 79.6 cm³/mol. The Hall–Kier alpha value is -2.41. The molecule has 1 aliphatic heterocycles. The number of nitro groups is 1. The van der Waals surface area contributed by atoms with Crippen LogP contribution in [0.1, 0.15) is 18.6 Å². The van der Waals surface area contributed by atoms with E-state index in [1.165, 1.54) is 12.3 Å². The summed E-state index contributed by atoms with van der Waals surface area (Å²) in [6.45, 7) is 2.02. The molecule has 0 spiro atoms. The summed E-state index contributed by atoms with van der Waals surface area (Å²) in [5.74, 6) is 1.50. The van der Waals surface area contributed by atoms with E-state index in [-0.39, 0.29) is 11.8 Å². The lowest BCUT2D eigenvalue weighted by molar-refractivity contribution is -0.385. The van der Waals surface area contributed by atoms with Gasteiger partial charge in [-0.05, 0) is 31.0 Å². The lowest BCUT2D eigenvalue weighted by Gasteiger charge is -2.25. The minimum atomic E-state index is -0.451. The van der Waals surface area contributed by atoms with Crippen LogP contribution in [0.15, 0.2) is 41.1 Å². The van der Waals surface area contributed by atoms with Crippen LogP contribution < -0.4 is 4.90 Å². The largest absolute Gasteiger partial charge is 0.467 e. The van der Waals surface area contributed by atoms with Gasteiger partial charge in [-0.1, -0.05) is 0 Å². The maximum absolute atomic E-state index is 10.7. The zero-order valence-electron chi connectivity index (χ0n) is 12.1. The van der Waals surface area contributed by atoms with Crippen LogP contribution in [0.3, 0.4) is 0 Å². The molecule has 0 saturated carbocycles. The number of hydrogen-bond acceptors (Lipinski definition) is 6. The molecular formula is C15H17N3O4. The third-order valence-corrected chi connectivity index (χ3v) is 3.64. The summed E-state index contributed by atoms with van der Waals surface area (Å²) in [5.41, 5.74) is -0.0150. The smallest absolute Gasteiger partial charge is 0.287 e. The Morgan fingerprint density at radius 2 is 2.32 bits per heavy atom. The van der Waals surface area contributed by atoms with Gasteiger partial charge in [0.15, 0.2) is 0 Å². The first-order valence-corrected chi connectivity index (χ1v) is 7.22. The van der Waals surface area contributed by atoms with Gasteiger partial charge >= 0.3 is 0 Å². The van der Waals surface area contributed by atoms with Crippen molar-refractivity contribution in [1.29, 1.82) is 0 Å². The Kier molecular flexibility index (Phi) is 4.34. The van der Waals surface area contributed by atoms with Crippen LogP contribution >= 0.6 is 0 Å². The Morgan fingerprint density at radius 1 is 1.41 bits per heavy atom. The van der Waals surface area contributed by atoms with E-state index in [1.54, 1.807) is 12.3 Å². The van der Waals surface area contributed by atoms with Crippen molar-refractivity contribution >= 4 is 11.5 Å². The van der Waals surface area contributed by atoms with E-state index in [0.717, 1.165) is 25.2 Å². The number of pyridine rings is 1. The maximum atomic E-state index is 10.7. The van der Waals surface area contributed by atoms with Gasteiger partial charge in [0, 0.05) is 19.2 Å². The number of rotatable bonds is 6. The van der Waals surface area contributed by atoms with Crippen molar-refractivity contribution in [2.24, 2.45) is 0 Å². The molecule has 0 N–H and O–H groups in total. The van der Waals surface area contributed by atoms with Crippen LogP contribution in [-0.2, 0) is 11.3 Å². The number of hydrogen-bond donors (Lipinski definition) is 0. The Labute approximate surface area is 127 Å². The van der Waals surface area contributed by atoms with Crippen LogP contribution in [0.5, 0.6) is 0 Å². The Balaban J connectivity index is 1.78. The monoisotopic (exact) mass is 303 g/mol. The van der Waals surface area contributed by atoms with Gasteiger partial charge < -0.3 is 14.1 Å². The van der Waals surface area contributed by atoms with Gasteiger partial charge in [0.2, 0.25) is 0 Å². The molecule has 0 aromatic carbocycles. The third-order valence-electron chi connectivity index (χ3n) is 3.64. The van der Waals surface area contributed by atoms with Crippen molar-refractivity contribution in [1.82, 2.24) is 4.98 Å². The molecule has 1 unspecified atom stereocenters. The summed E-state index contributed by atoms with van der Waals surface area (Å²) in [7, 11) is 0. The molecule has 3 heterocycles. The number of furan rings is 1. The first-order chi connectivity index (χ1) is 10.7. The first kappa shape index (κ1) is 14.5. The highest BCUT2D eigenvalue weighted by atomic mass is 16.6. The summed E-state index contributed by atoms with van der Waals surface area (Å²) < 4.78 is 11.1. The average molecular weight is 303 g/mol. The van der Waals surface area contributed by atoms with Gasteiger partial charge in [0.25, 0.3) is 5.69 Å². The van der Waals surface area contributed by atoms with Crippen molar-refractivity contribution in [3.63, 3.8) is 0 Å². The lowest BCUT2D eigenvalue weighted by Crippen LogP contribution is -2.32. The van der Waals surface area contributed by atoms with E-state index < -0.39 is 4.92 Å². The fourth-order valence-electron chi connectivity index (χ4n) is 2.54. The van der Waals surface area contributed by atoms with Gasteiger partial charge in [-0.25, -0.2) is 4.98 Å². The molecule has 7 nitrogen and oxygen atoms in total. The highest BCUT2D eigenvalue weighted by Crippen LogP contribution is 2.21. The molecule has 0 bridgehead atoms. The zero-order chi connectivity index (χ0) is 15.4. The molecule has 1 aliphatic rings. The van der Waals surface area contributed by atoms with Crippen molar-refractivity contribution < 1.29 is 14.1 Å². The summed E-state index contributed by atoms with van der Waals surface area (Å²) in [5, 5.41) is 10.7. The SMILES string of the molecule is O=[N+]([O-])c1ccc(N(Cc2ccco2)CC2CCCO2)nc1. The van der Waals surface area contributed by atoms with E-state index in [4.69, 9.17) is 9.15 Å². The fourth-order valence-corrected chi connectivity index (χ4v) is 2.54. The highest BCUT2D eigenvalue weighted by molar-refractivity contribution is 5.43. The molecule has 1 saturated heterocycles. The van der Waals surface area contributed by atoms with E-state index >= 15 is 0 Å². The normalized spacial score (nSPS) is 17.5. The standard InChI is InChI=1S/C15H17N3O4/c19-18(20)12-5-6-15(16-9-12)17(10-13-3-1-7-21-13)11-14-4-2-8-22-14/h1,3,5-7,9,14H,2,4,8,10-11H2. The van der Waals surface area contributed by atoms with E-state index in [1.807, 2.05) is 17.0 Å². The third kappa shape index (κ3) is 3.43. The molecule has 0 radical (unpaired) electrons. The molecule has 3 rings (SSSR count). The summed E-state index contributed by atoms with van der Waals surface area (Å²) in [4.78, 5) is 16.5. The van der Waals surface area contributed by atoms with Crippen LogP contribution in [0.25, 0.3) is 0 Å². The number of anilines is 1. The Bertz CT molecular complexity index is 606. The molecule has 1 fully saturated rings. The second-order valence-electron chi connectivity index (χ2n) is 5.23. The minimum absolute atomic E-state index is 0.0150. The van der Waals surface area contributed by atoms with Crippen molar-refractivity contribution in [3.8, 4) is 0 Å². The minimum Gasteiger partial charge on any atom is -0.467 e. The predicted octanol–water partition coefficient (Wildman–Crippen LogP) is 2.77. The van der Waals surface area contributed by atoms with Crippen LogP contribution in [0, 0.1) is 10.1 Å². The number of aromatic nitrogens is 1. The first-order valence-electron chi connectivity index (χ1n) is 7.22. The number of nitrogens with zero attached hydrogens (tertiary/aromatic N) is 3. The van der Waals surface area contributed by atoms with E-state index in [0.29, 0.717) is 18.9 Å².